The van der Waals surface area contributed by atoms with Gasteiger partial charge in [-0.15, -0.1) is 0 Å². The van der Waals surface area contributed by atoms with Gasteiger partial charge in [0.1, 0.15) is 40.3 Å². The molecule has 3 N–H and O–H groups in total. The zero-order valence-electron chi connectivity index (χ0n) is 16.3. The summed E-state index contributed by atoms with van der Waals surface area (Å²) in [4.78, 5) is 21.0. The van der Waals surface area contributed by atoms with E-state index in [-0.39, 0.29) is 22.9 Å². The summed E-state index contributed by atoms with van der Waals surface area (Å²) < 4.78 is 18.8. The standard InChI is InChI=1S/2C7H8O3.C6H6O3/c1-10-7-3-5(8)2-6(9)4-7;1-5-3-6(9-2)4-7(8)10-5;1-4-2-5(7)3-6(8)9-4/h2-4,8-9H,1H3;3-4H,1-2H3;2-3,7H,1H3. The summed E-state index contributed by atoms with van der Waals surface area (Å²) in [5, 5.41) is 26.5. The van der Waals surface area contributed by atoms with Crippen LogP contribution in [0.5, 0.6) is 28.7 Å². The highest BCUT2D eigenvalue weighted by atomic mass is 16.5. The van der Waals surface area contributed by atoms with E-state index in [1.807, 2.05) is 0 Å². The Morgan fingerprint density at radius 2 is 1.03 bits per heavy atom. The maximum absolute atomic E-state index is 10.6. The van der Waals surface area contributed by atoms with E-state index < -0.39 is 5.63 Å². The minimum atomic E-state index is -0.521. The second-order valence-corrected chi connectivity index (χ2v) is 5.56. The van der Waals surface area contributed by atoms with E-state index in [9.17, 15) is 9.59 Å². The fraction of sp³-hybridized carbons (Fsp3) is 0.200. The van der Waals surface area contributed by atoms with E-state index >= 15 is 0 Å². The van der Waals surface area contributed by atoms with Crippen molar-refractivity contribution in [1.29, 1.82) is 0 Å². The molecule has 9 nitrogen and oxygen atoms in total. The van der Waals surface area contributed by atoms with Crippen LogP contribution in [0.25, 0.3) is 0 Å². The van der Waals surface area contributed by atoms with Crippen LogP contribution >= 0.6 is 0 Å². The van der Waals surface area contributed by atoms with Gasteiger partial charge < -0.3 is 33.6 Å². The number of phenolic OH excluding ortho intramolecular Hbond substituents is 2. The van der Waals surface area contributed by atoms with Crippen molar-refractivity contribution in [1.82, 2.24) is 0 Å². The molecule has 0 unspecified atom stereocenters. The molecule has 0 saturated carbocycles. The van der Waals surface area contributed by atoms with Gasteiger partial charge >= 0.3 is 11.3 Å². The Morgan fingerprint density at radius 1 is 0.621 bits per heavy atom. The van der Waals surface area contributed by atoms with E-state index in [2.05, 4.69) is 8.83 Å². The second-order valence-electron chi connectivity index (χ2n) is 5.56. The van der Waals surface area contributed by atoms with E-state index in [0.717, 1.165) is 6.07 Å². The highest BCUT2D eigenvalue weighted by molar-refractivity contribution is 5.40. The normalized spacial score (nSPS) is 9.38. The topological polar surface area (TPSA) is 140 Å². The van der Waals surface area contributed by atoms with Gasteiger partial charge in [0, 0.05) is 30.3 Å². The molecule has 0 amide bonds. The number of methoxy groups -OCH3 is 2. The summed E-state index contributed by atoms with van der Waals surface area (Å²) in [7, 11) is 2.97. The number of aryl methyl sites for hydroxylation is 2. The van der Waals surface area contributed by atoms with Crippen LogP contribution in [0.3, 0.4) is 0 Å². The molecule has 0 bridgehead atoms. The minimum Gasteiger partial charge on any atom is -0.508 e. The number of benzene rings is 1. The molecule has 0 radical (unpaired) electrons. The Morgan fingerprint density at radius 3 is 1.45 bits per heavy atom. The van der Waals surface area contributed by atoms with Crippen LogP contribution in [-0.2, 0) is 0 Å². The first-order valence-corrected chi connectivity index (χ1v) is 8.16. The molecule has 0 atom stereocenters. The molecule has 0 aliphatic rings. The molecule has 3 aromatic rings. The Labute approximate surface area is 166 Å². The maximum atomic E-state index is 10.6. The predicted molar refractivity (Wildman–Crippen MR) is 104 cm³/mol. The van der Waals surface area contributed by atoms with Crippen molar-refractivity contribution in [3.63, 3.8) is 0 Å². The molecule has 0 aliphatic carbocycles. The van der Waals surface area contributed by atoms with Gasteiger partial charge in [-0.25, -0.2) is 9.59 Å². The van der Waals surface area contributed by atoms with Gasteiger partial charge in [0.2, 0.25) is 0 Å². The third-order valence-electron chi connectivity index (χ3n) is 3.09. The highest BCUT2D eigenvalue weighted by Crippen LogP contribution is 2.24. The van der Waals surface area contributed by atoms with Crippen LogP contribution < -0.4 is 20.7 Å². The molecule has 1 aromatic carbocycles. The molecule has 0 aliphatic heterocycles. The average molecular weight is 406 g/mol. The van der Waals surface area contributed by atoms with Gasteiger partial charge in [-0.2, -0.15) is 0 Å². The van der Waals surface area contributed by atoms with Gasteiger partial charge in [0.05, 0.1) is 26.4 Å². The first-order valence-electron chi connectivity index (χ1n) is 8.16. The molecule has 0 saturated heterocycles. The summed E-state index contributed by atoms with van der Waals surface area (Å²) >= 11 is 0. The van der Waals surface area contributed by atoms with E-state index in [1.54, 1.807) is 19.9 Å². The van der Waals surface area contributed by atoms with Crippen molar-refractivity contribution in [3.05, 3.63) is 74.8 Å². The van der Waals surface area contributed by atoms with Gasteiger partial charge in [-0.05, 0) is 13.8 Å². The summed E-state index contributed by atoms with van der Waals surface area (Å²) in [5.41, 5.74) is -0.899. The van der Waals surface area contributed by atoms with E-state index in [4.69, 9.17) is 24.8 Å². The highest BCUT2D eigenvalue weighted by Gasteiger charge is 1.97. The molecule has 0 fully saturated rings. The Kier molecular flexibility index (Phi) is 8.84. The summed E-state index contributed by atoms with van der Waals surface area (Å²) in [6.45, 7) is 3.30. The van der Waals surface area contributed by atoms with Gasteiger partial charge in [0.15, 0.2) is 0 Å². The van der Waals surface area contributed by atoms with Crippen molar-refractivity contribution in [2.24, 2.45) is 0 Å². The Balaban J connectivity index is 0.000000218. The van der Waals surface area contributed by atoms with Crippen LogP contribution in [0.2, 0.25) is 0 Å². The SMILES string of the molecule is COc1cc(C)oc(=O)c1.COc1cc(O)cc(O)c1.Cc1cc(O)cc(=O)o1. The zero-order chi connectivity index (χ0) is 22.0. The second kappa shape index (κ2) is 11.1. The molecule has 2 aromatic heterocycles. The number of hydrogen-bond acceptors (Lipinski definition) is 9. The summed E-state index contributed by atoms with van der Waals surface area (Å²) in [6.07, 6.45) is 0. The van der Waals surface area contributed by atoms with E-state index in [0.29, 0.717) is 23.0 Å². The van der Waals surface area contributed by atoms with Gasteiger partial charge in [-0.3, -0.25) is 0 Å². The Hall–Kier alpha value is -3.88. The average Bonchev–Trinajstić information content (AvgIpc) is 2.60. The lowest BCUT2D eigenvalue weighted by Gasteiger charge is -1.99. The Bertz CT molecular complexity index is 991. The van der Waals surface area contributed by atoms with Crippen molar-refractivity contribution in [2.75, 3.05) is 14.2 Å². The lowest BCUT2D eigenvalue weighted by molar-refractivity contribution is 0.396. The molecule has 9 heteroatoms. The van der Waals surface area contributed by atoms with Crippen molar-refractivity contribution in [2.45, 2.75) is 13.8 Å². The number of phenols is 2. The molecule has 0 spiro atoms. The maximum Gasteiger partial charge on any atom is 0.339 e. The van der Waals surface area contributed by atoms with Crippen molar-refractivity contribution in [3.8, 4) is 28.7 Å². The van der Waals surface area contributed by atoms with Gasteiger partial charge in [-0.1, -0.05) is 0 Å². The summed E-state index contributed by atoms with van der Waals surface area (Å²) in [5.74, 6) is 1.90. The van der Waals surface area contributed by atoms with Crippen LogP contribution in [0.1, 0.15) is 11.5 Å². The molecule has 156 valence electrons. The fourth-order valence-corrected chi connectivity index (χ4v) is 1.97. The van der Waals surface area contributed by atoms with Crippen molar-refractivity contribution < 1.29 is 33.6 Å². The molecular weight excluding hydrogens is 384 g/mol. The molecule has 3 rings (SSSR count). The summed E-state index contributed by atoms with van der Waals surface area (Å²) in [6, 6.07) is 9.42. The van der Waals surface area contributed by atoms with Crippen LogP contribution in [-0.4, -0.2) is 29.5 Å². The first-order chi connectivity index (χ1) is 13.6. The zero-order valence-corrected chi connectivity index (χ0v) is 16.3. The predicted octanol–water partition coefficient (Wildman–Crippen LogP) is 2.72. The smallest absolute Gasteiger partial charge is 0.339 e. The van der Waals surface area contributed by atoms with Crippen LogP contribution in [0, 0.1) is 13.8 Å². The third kappa shape index (κ3) is 9.05. The first kappa shape index (κ1) is 23.2. The van der Waals surface area contributed by atoms with Crippen molar-refractivity contribution >= 4 is 0 Å². The largest absolute Gasteiger partial charge is 0.508 e. The third-order valence-corrected chi connectivity index (χ3v) is 3.09. The minimum absolute atomic E-state index is 0.00292. The van der Waals surface area contributed by atoms with Crippen LogP contribution in [0.4, 0.5) is 0 Å². The molecule has 29 heavy (non-hydrogen) atoms. The fourth-order valence-electron chi connectivity index (χ4n) is 1.97. The number of aromatic hydroxyl groups is 3. The number of rotatable bonds is 2. The lowest BCUT2D eigenvalue weighted by Crippen LogP contribution is -1.98. The van der Waals surface area contributed by atoms with E-state index in [1.165, 1.54) is 44.6 Å². The number of ether oxygens (including phenoxy) is 2. The molecular formula is C20H22O9. The lowest BCUT2D eigenvalue weighted by atomic mass is 10.3. The van der Waals surface area contributed by atoms with Gasteiger partial charge in [0.25, 0.3) is 0 Å². The van der Waals surface area contributed by atoms with Crippen LogP contribution in [0.15, 0.2) is 60.9 Å². The monoisotopic (exact) mass is 406 g/mol. The molecule has 2 heterocycles. The quantitative estimate of drug-likeness (QED) is 0.586. The number of hydrogen-bond donors (Lipinski definition) is 3.